The summed E-state index contributed by atoms with van der Waals surface area (Å²) >= 11 is 11.7. The molecular weight excluding hydrogens is 195 g/mol. The third kappa shape index (κ3) is 1.90. The van der Waals surface area contributed by atoms with Crippen LogP contribution in [-0.4, -0.2) is 6.54 Å². The summed E-state index contributed by atoms with van der Waals surface area (Å²) in [6, 6.07) is 5.11. The molecule has 1 atom stereocenters. The molecule has 1 rings (SSSR count). The fraction of sp³-hybridized carbons (Fsp3) is 0.250. The maximum Gasteiger partial charge on any atom is 0.0640 e. The van der Waals surface area contributed by atoms with Crippen molar-refractivity contribution in [2.75, 3.05) is 6.54 Å². The van der Waals surface area contributed by atoms with Crippen LogP contribution in [0.15, 0.2) is 18.2 Å². The second kappa shape index (κ2) is 4.10. The molecule has 1 aromatic carbocycles. The van der Waals surface area contributed by atoms with Gasteiger partial charge >= 0.3 is 0 Å². The number of halogens is 2. The van der Waals surface area contributed by atoms with Crippen LogP contribution in [0.1, 0.15) is 11.6 Å². The maximum absolute atomic E-state index is 5.90. The van der Waals surface area contributed by atoms with Crippen molar-refractivity contribution in [3.05, 3.63) is 33.8 Å². The smallest absolute Gasteiger partial charge is 0.0640 e. The van der Waals surface area contributed by atoms with Gasteiger partial charge in [0.2, 0.25) is 0 Å². The molecule has 0 spiro atoms. The highest BCUT2D eigenvalue weighted by Gasteiger charge is 2.09. The summed E-state index contributed by atoms with van der Waals surface area (Å²) in [5, 5.41) is 1.01. The lowest BCUT2D eigenvalue weighted by molar-refractivity contribution is 0.737. The molecule has 0 aliphatic carbocycles. The van der Waals surface area contributed by atoms with Gasteiger partial charge < -0.3 is 11.5 Å². The van der Waals surface area contributed by atoms with Gasteiger partial charge in [-0.05, 0) is 11.6 Å². The quantitative estimate of drug-likeness (QED) is 0.775. The van der Waals surface area contributed by atoms with E-state index in [2.05, 4.69) is 0 Å². The molecule has 66 valence electrons. The van der Waals surface area contributed by atoms with Crippen molar-refractivity contribution in [3.63, 3.8) is 0 Å². The fourth-order valence-electron chi connectivity index (χ4n) is 0.934. The first-order valence-electron chi connectivity index (χ1n) is 3.56. The third-order valence-corrected chi connectivity index (χ3v) is 2.47. The summed E-state index contributed by atoms with van der Waals surface area (Å²) < 4.78 is 0. The summed E-state index contributed by atoms with van der Waals surface area (Å²) in [6.45, 7) is 0.361. The van der Waals surface area contributed by atoms with Crippen molar-refractivity contribution in [1.29, 1.82) is 0 Å². The Bertz CT molecular complexity index is 276. The number of rotatable bonds is 2. The van der Waals surface area contributed by atoms with Crippen LogP contribution in [-0.2, 0) is 0 Å². The summed E-state index contributed by atoms with van der Waals surface area (Å²) in [5.74, 6) is 0. The Labute approximate surface area is 81.4 Å². The largest absolute Gasteiger partial charge is 0.329 e. The number of nitrogens with two attached hydrogens (primary N) is 2. The van der Waals surface area contributed by atoms with Gasteiger partial charge in [0.25, 0.3) is 0 Å². The van der Waals surface area contributed by atoms with Crippen molar-refractivity contribution >= 4 is 23.2 Å². The van der Waals surface area contributed by atoms with Crippen molar-refractivity contribution < 1.29 is 0 Å². The molecule has 0 saturated carbocycles. The lowest BCUT2D eigenvalue weighted by Gasteiger charge is -2.11. The minimum absolute atomic E-state index is 0.240. The molecule has 1 aromatic rings. The van der Waals surface area contributed by atoms with E-state index in [1.807, 2.05) is 6.07 Å². The Kier molecular flexibility index (Phi) is 3.35. The van der Waals surface area contributed by atoms with Gasteiger partial charge in [-0.15, -0.1) is 0 Å². The molecule has 0 aliphatic heterocycles. The van der Waals surface area contributed by atoms with Gasteiger partial charge in [-0.2, -0.15) is 0 Å². The Balaban J connectivity index is 3.07. The highest BCUT2D eigenvalue weighted by molar-refractivity contribution is 6.42. The van der Waals surface area contributed by atoms with Crippen LogP contribution < -0.4 is 11.5 Å². The zero-order valence-electron chi connectivity index (χ0n) is 6.43. The molecule has 12 heavy (non-hydrogen) atoms. The first kappa shape index (κ1) is 9.81. The van der Waals surface area contributed by atoms with E-state index in [-0.39, 0.29) is 6.04 Å². The van der Waals surface area contributed by atoms with Crippen LogP contribution >= 0.6 is 23.2 Å². The molecule has 0 aliphatic rings. The number of hydrogen-bond acceptors (Lipinski definition) is 2. The normalized spacial score (nSPS) is 13.0. The van der Waals surface area contributed by atoms with Crippen LogP contribution in [0.2, 0.25) is 10.0 Å². The van der Waals surface area contributed by atoms with Crippen LogP contribution in [0.5, 0.6) is 0 Å². The molecule has 0 saturated heterocycles. The fourth-order valence-corrected chi connectivity index (χ4v) is 1.38. The minimum Gasteiger partial charge on any atom is -0.329 e. The van der Waals surface area contributed by atoms with Crippen molar-refractivity contribution in [1.82, 2.24) is 0 Å². The van der Waals surface area contributed by atoms with E-state index in [0.29, 0.717) is 16.6 Å². The molecule has 0 bridgehead atoms. The van der Waals surface area contributed by atoms with Crippen LogP contribution in [0, 0.1) is 0 Å². The second-order valence-electron chi connectivity index (χ2n) is 2.49. The number of benzene rings is 1. The van der Waals surface area contributed by atoms with Crippen LogP contribution in [0.3, 0.4) is 0 Å². The molecule has 2 nitrogen and oxygen atoms in total. The first-order valence-corrected chi connectivity index (χ1v) is 4.32. The van der Waals surface area contributed by atoms with E-state index in [4.69, 9.17) is 34.7 Å². The van der Waals surface area contributed by atoms with Crippen molar-refractivity contribution in [3.8, 4) is 0 Å². The van der Waals surface area contributed by atoms with E-state index < -0.39 is 0 Å². The van der Waals surface area contributed by atoms with E-state index in [0.717, 1.165) is 5.56 Å². The van der Waals surface area contributed by atoms with Gasteiger partial charge in [0.1, 0.15) is 0 Å². The molecule has 0 radical (unpaired) electrons. The maximum atomic E-state index is 5.90. The Morgan fingerprint density at radius 3 is 2.58 bits per heavy atom. The van der Waals surface area contributed by atoms with Gasteiger partial charge in [0.05, 0.1) is 10.0 Å². The highest BCUT2D eigenvalue weighted by atomic mass is 35.5. The van der Waals surface area contributed by atoms with Gasteiger partial charge in [-0.1, -0.05) is 35.3 Å². The van der Waals surface area contributed by atoms with E-state index in [1.165, 1.54) is 0 Å². The monoisotopic (exact) mass is 204 g/mol. The van der Waals surface area contributed by atoms with E-state index in [9.17, 15) is 0 Å². The molecule has 4 heteroatoms. The Morgan fingerprint density at radius 1 is 1.33 bits per heavy atom. The van der Waals surface area contributed by atoms with Crippen molar-refractivity contribution in [2.24, 2.45) is 11.5 Å². The summed E-state index contributed by atoms with van der Waals surface area (Å²) in [5.41, 5.74) is 11.9. The second-order valence-corrected chi connectivity index (χ2v) is 3.27. The molecular formula is C8H10Cl2N2. The Hall–Kier alpha value is -0.280. The predicted molar refractivity (Wildman–Crippen MR) is 52.4 cm³/mol. The zero-order valence-corrected chi connectivity index (χ0v) is 7.94. The highest BCUT2D eigenvalue weighted by Crippen LogP contribution is 2.28. The van der Waals surface area contributed by atoms with Crippen LogP contribution in [0.25, 0.3) is 0 Å². The standard InChI is InChI=1S/C8H10Cl2N2/c9-6-3-1-2-5(8(6)10)7(12)4-11/h1-3,7H,4,11-12H2/t7-/m1/s1. The van der Waals surface area contributed by atoms with Crippen molar-refractivity contribution in [2.45, 2.75) is 6.04 Å². The molecule has 0 amide bonds. The van der Waals surface area contributed by atoms with Gasteiger partial charge in [0.15, 0.2) is 0 Å². The van der Waals surface area contributed by atoms with Gasteiger partial charge in [-0.3, -0.25) is 0 Å². The van der Waals surface area contributed by atoms with E-state index in [1.54, 1.807) is 12.1 Å². The lowest BCUT2D eigenvalue weighted by atomic mass is 10.1. The average Bonchev–Trinajstić information content (AvgIpc) is 2.08. The molecule has 0 fully saturated rings. The minimum atomic E-state index is -0.240. The summed E-state index contributed by atoms with van der Waals surface area (Å²) in [6.07, 6.45) is 0. The average molecular weight is 205 g/mol. The first-order chi connectivity index (χ1) is 5.66. The molecule has 0 aromatic heterocycles. The van der Waals surface area contributed by atoms with Crippen LogP contribution in [0.4, 0.5) is 0 Å². The predicted octanol–water partition coefficient (Wildman–Crippen LogP) is 1.95. The SMILES string of the molecule is NC[C@@H](N)c1cccc(Cl)c1Cl. The van der Waals surface area contributed by atoms with Gasteiger partial charge in [0, 0.05) is 12.6 Å². The third-order valence-electron chi connectivity index (χ3n) is 1.63. The Morgan fingerprint density at radius 2 is 2.00 bits per heavy atom. The zero-order chi connectivity index (χ0) is 9.14. The topological polar surface area (TPSA) is 52.0 Å². The summed E-state index contributed by atoms with van der Waals surface area (Å²) in [7, 11) is 0. The lowest BCUT2D eigenvalue weighted by Crippen LogP contribution is -2.21. The molecule has 0 unspecified atom stereocenters. The summed E-state index contributed by atoms with van der Waals surface area (Å²) in [4.78, 5) is 0. The molecule has 4 N–H and O–H groups in total. The molecule has 0 heterocycles. The van der Waals surface area contributed by atoms with E-state index >= 15 is 0 Å². The van der Waals surface area contributed by atoms with Gasteiger partial charge in [-0.25, -0.2) is 0 Å². The number of hydrogen-bond donors (Lipinski definition) is 2.